The van der Waals surface area contributed by atoms with Gasteiger partial charge in [-0.1, -0.05) is 29.8 Å². The molecule has 0 spiro atoms. The van der Waals surface area contributed by atoms with Gasteiger partial charge in [0.05, 0.1) is 23.7 Å². The van der Waals surface area contributed by atoms with E-state index in [2.05, 4.69) is 21.2 Å². The standard InChI is InChI=1S/C21H26BrN3O4S/c1-3-25(4-2)30(27,28)18-9-10-20(24-11-13-29-14-12-24)19(15-18)21(26)23-17-7-5-16(22)6-8-17/h5-10,15H,3-4,11-14H2,1-2H3,(H,23,26). The highest BCUT2D eigenvalue weighted by molar-refractivity contribution is 9.10. The number of ether oxygens (including phenoxy) is 1. The lowest BCUT2D eigenvalue weighted by Gasteiger charge is -2.30. The molecule has 0 aromatic heterocycles. The summed E-state index contributed by atoms with van der Waals surface area (Å²) in [5.74, 6) is -0.351. The highest BCUT2D eigenvalue weighted by Crippen LogP contribution is 2.28. The topological polar surface area (TPSA) is 79.0 Å². The van der Waals surface area contributed by atoms with Crippen LogP contribution in [-0.4, -0.2) is 58.0 Å². The van der Waals surface area contributed by atoms with Crippen molar-refractivity contribution in [2.75, 3.05) is 49.6 Å². The van der Waals surface area contributed by atoms with E-state index in [0.717, 1.165) is 4.47 Å². The Morgan fingerprint density at radius 2 is 1.73 bits per heavy atom. The number of sulfonamides is 1. The van der Waals surface area contributed by atoms with Crippen LogP contribution < -0.4 is 10.2 Å². The van der Waals surface area contributed by atoms with Crippen LogP contribution in [-0.2, 0) is 14.8 Å². The molecule has 1 aliphatic heterocycles. The van der Waals surface area contributed by atoms with Crippen molar-refractivity contribution in [1.29, 1.82) is 0 Å². The monoisotopic (exact) mass is 495 g/mol. The molecule has 30 heavy (non-hydrogen) atoms. The van der Waals surface area contributed by atoms with Gasteiger partial charge in [-0.15, -0.1) is 0 Å². The average Bonchev–Trinajstić information content (AvgIpc) is 2.76. The highest BCUT2D eigenvalue weighted by Gasteiger charge is 2.26. The molecule has 162 valence electrons. The number of hydrogen-bond donors (Lipinski definition) is 1. The number of amides is 1. The molecule has 0 aliphatic carbocycles. The van der Waals surface area contributed by atoms with Gasteiger partial charge in [-0.3, -0.25) is 4.79 Å². The van der Waals surface area contributed by atoms with Crippen molar-refractivity contribution in [2.45, 2.75) is 18.7 Å². The molecular formula is C21H26BrN3O4S. The van der Waals surface area contributed by atoms with E-state index in [-0.39, 0.29) is 10.8 Å². The summed E-state index contributed by atoms with van der Waals surface area (Å²) < 4.78 is 33.7. The van der Waals surface area contributed by atoms with Gasteiger partial charge in [0, 0.05) is 42.0 Å². The van der Waals surface area contributed by atoms with Crippen molar-refractivity contribution in [3.05, 3.63) is 52.5 Å². The first-order chi connectivity index (χ1) is 14.4. The molecule has 0 atom stereocenters. The number of halogens is 1. The fourth-order valence-corrected chi connectivity index (χ4v) is 5.13. The molecule has 0 saturated carbocycles. The summed E-state index contributed by atoms with van der Waals surface area (Å²) >= 11 is 3.38. The number of nitrogens with one attached hydrogen (secondary N) is 1. The molecule has 0 radical (unpaired) electrons. The molecule has 1 fully saturated rings. The predicted octanol–water partition coefficient (Wildman–Crippen LogP) is 3.57. The van der Waals surface area contributed by atoms with E-state index < -0.39 is 10.0 Å². The Balaban J connectivity index is 2.01. The normalized spacial score (nSPS) is 14.7. The Labute approximate surface area is 186 Å². The second kappa shape index (κ2) is 9.91. The van der Waals surface area contributed by atoms with Gasteiger partial charge in [0.2, 0.25) is 10.0 Å². The second-order valence-corrected chi connectivity index (χ2v) is 9.68. The van der Waals surface area contributed by atoms with Crippen LogP contribution in [0.2, 0.25) is 0 Å². The summed E-state index contributed by atoms with van der Waals surface area (Å²) in [6.07, 6.45) is 0. The minimum Gasteiger partial charge on any atom is -0.378 e. The van der Waals surface area contributed by atoms with Crippen molar-refractivity contribution in [3.63, 3.8) is 0 Å². The van der Waals surface area contributed by atoms with Crippen molar-refractivity contribution >= 4 is 43.2 Å². The van der Waals surface area contributed by atoms with E-state index >= 15 is 0 Å². The average molecular weight is 496 g/mol. The zero-order valence-electron chi connectivity index (χ0n) is 17.1. The number of hydrogen-bond acceptors (Lipinski definition) is 5. The molecule has 3 rings (SSSR count). The molecule has 1 amide bonds. The van der Waals surface area contributed by atoms with Crippen LogP contribution in [0.4, 0.5) is 11.4 Å². The first kappa shape index (κ1) is 22.7. The molecule has 0 bridgehead atoms. The van der Waals surface area contributed by atoms with Crippen molar-refractivity contribution in [1.82, 2.24) is 4.31 Å². The van der Waals surface area contributed by atoms with Gasteiger partial charge in [0.15, 0.2) is 0 Å². The molecular weight excluding hydrogens is 470 g/mol. The molecule has 0 unspecified atom stereocenters. The Hall–Kier alpha value is -1.94. The second-order valence-electron chi connectivity index (χ2n) is 6.83. The number of benzene rings is 2. The van der Waals surface area contributed by atoms with Gasteiger partial charge in [0.1, 0.15) is 0 Å². The zero-order valence-corrected chi connectivity index (χ0v) is 19.5. The van der Waals surface area contributed by atoms with E-state index in [1.54, 1.807) is 38.1 Å². The molecule has 1 aliphatic rings. The zero-order chi connectivity index (χ0) is 21.7. The first-order valence-corrected chi connectivity index (χ1v) is 12.1. The smallest absolute Gasteiger partial charge is 0.257 e. The minimum atomic E-state index is -3.68. The lowest BCUT2D eigenvalue weighted by molar-refractivity contribution is 0.102. The molecule has 7 nitrogen and oxygen atoms in total. The van der Waals surface area contributed by atoms with Crippen LogP contribution in [0.25, 0.3) is 0 Å². The van der Waals surface area contributed by atoms with Crippen LogP contribution in [0.1, 0.15) is 24.2 Å². The number of nitrogens with zero attached hydrogens (tertiary/aromatic N) is 2. The van der Waals surface area contributed by atoms with Crippen molar-refractivity contribution in [2.24, 2.45) is 0 Å². The van der Waals surface area contributed by atoms with Crippen LogP contribution in [0.15, 0.2) is 51.8 Å². The van der Waals surface area contributed by atoms with Crippen molar-refractivity contribution in [3.8, 4) is 0 Å². The van der Waals surface area contributed by atoms with Crippen LogP contribution in [0.3, 0.4) is 0 Å². The molecule has 9 heteroatoms. The van der Waals surface area contributed by atoms with Crippen LogP contribution >= 0.6 is 15.9 Å². The lowest BCUT2D eigenvalue weighted by atomic mass is 10.1. The summed E-state index contributed by atoms with van der Waals surface area (Å²) in [7, 11) is -3.68. The number of carbonyl (C=O) groups excluding carboxylic acids is 1. The number of anilines is 2. The lowest BCUT2D eigenvalue weighted by Crippen LogP contribution is -2.37. The maximum Gasteiger partial charge on any atom is 0.257 e. The van der Waals surface area contributed by atoms with Gasteiger partial charge in [-0.2, -0.15) is 4.31 Å². The van der Waals surface area contributed by atoms with E-state index in [1.165, 1.54) is 10.4 Å². The van der Waals surface area contributed by atoms with Gasteiger partial charge in [0.25, 0.3) is 5.91 Å². The number of morpholine rings is 1. The third-order valence-electron chi connectivity index (χ3n) is 5.01. The number of rotatable bonds is 7. The fraction of sp³-hybridized carbons (Fsp3) is 0.381. The molecule has 1 saturated heterocycles. The molecule has 1 N–H and O–H groups in total. The minimum absolute atomic E-state index is 0.115. The Kier molecular flexibility index (Phi) is 7.51. The summed E-state index contributed by atoms with van der Waals surface area (Å²) in [5.41, 5.74) is 1.66. The van der Waals surface area contributed by atoms with Gasteiger partial charge in [-0.05, 0) is 42.5 Å². The first-order valence-electron chi connectivity index (χ1n) is 9.90. The van der Waals surface area contributed by atoms with E-state index in [1.807, 2.05) is 17.0 Å². The Bertz CT molecular complexity index is 986. The van der Waals surface area contributed by atoms with Gasteiger partial charge < -0.3 is 15.0 Å². The van der Waals surface area contributed by atoms with E-state index in [0.29, 0.717) is 56.3 Å². The van der Waals surface area contributed by atoms with Gasteiger partial charge in [-0.25, -0.2) is 8.42 Å². The summed E-state index contributed by atoms with van der Waals surface area (Å²) in [6.45, 7) is 6.73. The fourth-order valence-electron chi connectivity index (χ4n) is 3.38. The quantitative estimate of drug-likeness (QED) is 0.634. The summed E-state index contributed by atoms with van der Waals surface area (Å²) in [4.78, 5) is 15.3. The molecule has 2 aromatic rings. The predicted molar refractivity (Wildman–Crippen MR) is 122 cm³/mol. The van der Waals surface area contributed by atoms with Crippen LogP contribution in [0.5, 0.6) is 0 Å². The molecule has 2 aromatic carbocycles. The summed E-state index contributed by atoms with van der Waals surface area (Å²) in [5, 5.41) is 2.87. The third kappa shape index (κ3) is 5.03. The Morgan fingerprint density at radius 3 is 2.33 bits per heavy atom. The van der Waals surface area contributed by atoms with E-state index in [9.17, 15) is 13.2 Å². The number of carbonyl (C=O) groups is 1. The van der Waals surface area contributed by atoms with Gasteiger partial charge >= 0.3 is 0 Å². The van der Waals surface area contributed by atoms with Crippen LogP contribution in [0, 0.1) is 0 Å². The highest BCUT2D eigenvalue weighted by atomic mass is 79.9. The third-order valence-corrected chi connectivity index (χ3v) is 7.58. The summed E-state index contributed by atoms with van der Waals surface area (Å²) in [6, 6.07) is 12.0. The molecule has 1 heterocycles. The maximum absolute atomic E-state index is 13.2. The maximum atomic E-state index is 13.2. The largest absolute Gasteiger partial charge is 0.378 e. The SMILES string of the molecule is CCN(CC)S(=O)(=O)c1ccc(N2CCOCC2)c(C(=O)Nc2ccc(Br)cc2)c1. The van der Waals surface area contributed by atoms with Crippen molar-refractivity contribution < 1.29 is 17.9 Å². The Morgan fingerprint density at radius 1 is 1.10 bits per heavy atom. The van der Waals surface area contributed by atoms with E-state index in [4.69, 9.17) is 4.74 Å².